The number of halogens is 1. The summed E-state index contributed by atoms with van der Waals surface area (Å²) in [5.74, 6) is 0. The Bertz CT molecular complexity index is 769. The van der Waals surface area contributed by atoms with Gasteiger partial charge in [-0.2, -0.15) is 0 Å². The van der Waals surface area contributed by atoms with Crippen molar-refractivity contribution in [1.29, 1.82) is 0 Å². The van der Waals surface area contributed by atoms with E-state index in [9.17, 15) is 4.79 Å². The number of H-pyrrole nitrogens is 1. The monoisotopic (exact) mass is 302 g/mol. The van der Waals surface area contributed by atoms with Crippen molar-refractivity contribution in [2.45, 2.75) is 6.92 Å². The van der Waals surface area contributed by atoms with Gasteiger partial charge in [-0.25, -0.2) is 0 Å². The fourth-order valence-corrected chi connectivity index (χ4v) is 2.37. The molecule has 3 aromatic rings. The molecule has 0 saturated heterocycles. The number of nitrogens with zero attached hydrogens (tertiary/aromatic N) is 1. The molecule has 4 heteroatoms. The van der Waals surface area contributed by atoms with Gasteiger partial charge in [0.1, 0.15) is 0 Å². The second-order valence-electron chi connectivity index (χ2n) is 4.27. The van der Waals surface area contributed by atoms with Crippen LogP contribution in [-0.4, -0.2) is 9.78 Å². The minimum atomic E-state index is -0.0770. The quantitative estimate of drug-likeness (QED) is 0.735. The fourth-order valence-electron chi connectivity index (χ4n) is 2.00. The van der Waals surface area contributed by atoms with Crippen LogP contribution in [0.3, 0.4) is 0 Å². The van der Waals surface area contributed by atoms with Crippen LogP contribution < -0.4 is 5.56 Å². The van der Waals surface area contributed by atoms with Crippen LogP contribution in [0.15, 0.2) is 51.7 Å². The van der Waals surface area contributed by atoms with Crippen LogP contribution >= 0.6 is 15.9 Å². The first-order valence-corrected chi connectivity index (χ1v) is 6.42. The zero-order chi connectivity index (χ0) is 12.7. The zero-order valence-corrected chi connectivity index (χ0v) is 11.4. The summed E-state index contributed by atoms with van der Waals surface area (Å²) in [6, 6.07) is 13.7. The van der Waals surface area contributed by atoms with E-state index in [4.69, 9.17) is 0 Å². The molecule has 0 unspecified atom stereocenters. The third-order valence-corrected chi connectivity index (χ3v) is 3.44. The summed E-state index contributed by atoms with van der Waals surface area (Å²) in [7, 11) is 0. The van der Waals surface area contributed by atoms with Crippen molar-refractivity contribution in [1.82, 2.24) is 9.78 Å². The van der Waals surface area contributed by atoms with Gasteiger partial charge in [0.15, 0.2) is 0 Å². The van der Waals surface area contributed by atoms with Gasteiger partial charge in [-0.3, -0.25) is 14.6 Å². The highest BCUT2D eigenvalue weighted by atomic mass is 79.9. The Hall–Kier alpha value is -1.81. The molecule has 0 spiro atoms. The Morgan fingerprint density at radius 3 is 2.56 bits per heavy atom. The molecule has 2 aromatic carbocycles. The standard InChI is InChI=1S/C14H11BrN2O/c1-9-2-5-11(6-3-9)17-13-7-4-10(15)8-12(13)14(18)16-17/h2-8H,1H3,(H,16,18). The van der Waals surface area contributed by atoms with Crippen LogP contribution in [-0.2, 0) is 0 Å². The third kappa shape index (κ3) is 1.78. The average Bonchev–Trinajstić information content (AvgIpc) is 2.68. The van der Waals surface area contributed by atoms with E-state index in [0.717, 1.165) is 15.7 Å². The SMILES string of the molecule is Cc1ccc(-n2[nH]c(=O)c3cc(Br)ccc32)cc1. The van der Waals surface area contributed by atoms with E-state index in [1.165, 1.54) is 5.56 Å². The van der Waals surface area contributed by atoms with Crippen molar-refractivity contribution in [3.05, 3.63) is 62.9 Å². The largest absolute Gasteiger partial charge is 0.272 e. The minimum Gasteiger partial charge on any atom is -0.267 e. The normalized spacial score (nSPS) is 11.0. The summed E-state index contributed by atoms with van der Waals surface area (Å²) >= 11 is 3.38. The third-order valence-electron chi connectivity index (χ3n) is 2.95. The lowest BCUT2D eigenvalue weighted by molar-refractivity contribution is 0.890. The van der Waals surface area contributed by atoms with Crippen LogP contribution in [0.5, 0.6) is 0 Å². The molecule has 1 heterocycles. The number of nitrogens with one attached hydrogen (secondary N) is 1. The topological polar surface area (TPSA) is 37.8 Å². The van der Waals surface area contributed by atoms with Crippen molar-refractivity contribution in [2.24, 2.45) is 0 Å². The Morgan fingerprint density at radius 1 is 1.11 bits per heavy atom. The number of hydrogen-bond donors (Lipinski definition) is 1. The van der Waals surface area contributed by atoms with E-state index in [-0.39, 0.29) is 5.56 Å². The van der Waals surface area contributed by atoms with Crippen molar-refractivity contribution in [3.63, 3.8) is 0 Å². The van der Waals surface area contributed by atoms with Crippen LogP contribution in [0, 0.1) is 6.92 Å². The zero-order valence-electron chi connectivity index (χ0n) is 9.77. The summed E-state index contributed by atoms with van der Waals surface area (Å²) in [6.45, 7) is 2.04. The van der Waals surface area contributed by atoms with Crippen LogP contribution in [0.1, 0.15) is 5.56 Å². The van der Waals surface area contributed by atoms with Gasteiger partial charge in [-0.1, -0.05) is 33.6 Å². The summed E-state index contributed by atoms with van der Waals surface area (Å²) in [4.78, 5) is 11.9. The first-order valence-electron chi connectivity index (χ1n) is 5.62. The van der Waals surface area contributed by atoms with Gasteiger partial charge >= 0.3 is 0 Å². The van der Waals surface area contributed by atoms with Crippen molar-refractivity contribution < 1.29 is 0 Å². The van der Waals surface area contributed by atoms with Crippen molar-refractivity contribution >= 4 is 26.8 Å². The predicted molar refractivity (Wildman–Crippen MR) is 76.3 cm³/mol. The molecule has 0 saturated carbocycles. The van der Waals surface area contributed by atoms with Gasteiger partial charge in [0, 0.05) is 4.47 Å². The van der Waals surface area contributed by atoms with Gasteiger partial charge in [0.25, 0.3) is 5.56 Å². The summed E-state index contributed by atoms with van der Waals surface area (Å²) in [5, 5.41) is 3.54. The summed E-state index contributed by atoms with van der Waals surface area (Å²) in [6.07, 6.45) is 0. The second-order valence-corrected chi connectivity index (χ2v) is 5.19. The average molecular weight is 303 g/mol. The number of aromatic nitrogens is 2. The smallest absolute Gasteiger partial charge is 0.267 e. The molecule has 3 rings (SSSR count). The Labute approximate surface area is 112 Å². The molecule has 3 nitrogen and oxygen atoms in total. The van der Waals surface area contributed by atoms with Crippen molar-refractivity contribution in [3.8, 4) is 5.69 Å². The molecule has 0 aliphatic heterocycles. The van der Waals surface area contributed by atoms with Gasteiger partial charge in [-0.15, -0.1) is 0 Å². The molecule has 0 aliphatic rings. The molecule has 18 heavy (non-hydrogen) atoms. The van der Waals surface area contributed by atoms with E-state index in [2.05, 4.69) is 21.0 Å². The van der Waals surface area contributed by atoms with E-state index in [1.54, 1.807) is 0 Å². The van der Waals surface area contributed by atoms with Gasteiger partial charge in [0.05, 0.1) is 16.6 Å². The molecule has 0 bridgehead atoms. The van der Waals surface area contributed by atoms with Crippen molar-refractivity contribution in [2.75, 3.05) is 0 Å². The lowest BCUT2D eigenvalue weighted by atomic mass is 10.2. The maximum absolute atomic E-state index is 11.9. The van der Waals surface area contributed by atoms with E-state index in [0.29, 0.717) is 5.39 Å². The number of fused-ring (bicyclic) bond motifs is 1. The molecular formula is C14H11BrN2O. The van der Waals surface area contributed by atoms with E-state index in [1.807, 2.05) is 54.1 Å². The van der Waals surface area contributed by atoms with Crippen LogP contribution in [0.4, 0.5) is 0 Å². The first-order chi connectivity index (χ1) is 8.65. The van der Waals surface area contributed by atoms with Gasteiger partial charge in [0.2, 0.25) is 0 Å². The maximum atomic E-state index is 11.9. The summed E-state index contributed by atoms with van der Waals surface area (Å²) in [5.41, 5.74) is 2.95. The molecule has 0 atom stereocenters. The number of benzene rings is 2. The predicted octanol–water partition coefficient (Wildman–Crippen LogP) is 3.39. The van der Waals surface area contributed by atoms with Gasteiger partial charge in [-0.05, 0) is 37.3 Å². The molecule has 0 radical (unpaired) electrons. The number of rotatable bonds is 1. The highest BCUT2D eigenvalue weighted by Gasteiger charge is 2.07. The minimum absolute atomic E-state index is 0.0770. The fraction of sp³-hybridized carbons (Fsp3) is 0.0714. The number of aromatic amines is 1. The summed E-state index contributed by atoms with van der Waals surface area (Å²) < 4.78 is 2.71. The number of aryl methyl sites for hydroxylation is 1. The highest BCUT2D eigenvalue weighted by molar-refractivity contribution is 9.10. The molecule has 1 N–H and O–H groups in total. The molecule has 1 aromatic heterocycles. The van der Waals surface area contributed by atoms with E-state index < -0.39 is 0 Å². The Kier molecular flexibility index (Phi) is 2.59. The lowest BCUT2D eigenvalue weighted by Crippen LogP contribution is -2.03. The Balaban J connectivity index is 2.30. The second kappa shape index (κ2) is 4.14. The molecule has 0 amide bonds. The van der Waals surface area contributed by atoms with Crippen LogP contribution in [0.2, 0.25) is 0 Å². The molecule has 90 valence electrons. The lowest BCUT2D eigenvalue weighted by Gasteiger charge is -2.04. The number of hydrogen-bond acceptors (Lipinski definition) is 1. The molecule has 0 fully saturated rings. The van der Waals surface area contributed by atoms with E-state index >= 15 is 0 Å². The molecule has 0 aliphatic carbocycles. The van der Waals surface area contributed by atoms with Crippen LogP contribution in [0.25, 0.3) is 16.6 Å². The maximum Gasteiger partial charge on any atom is 0.272 e. The highest BCUT2D eigenvalue weighted by Crippen LogP contribution is 2.19. The Morgan fingerprint density at radius 2 is 1.83 bits per heavy atom. The first kappa shape index (κ1) is 11.3. The molecular weight excluding hydrogens is 292 g/mol. The van der Waals surface area contributed by atoms with Gasteiger partial charge < -0.3 is 0 Å².